The minimum absolute atomic E-state index is 0.0974. The van der Waals surface area contributed by atoms with Gasteiger partial charge in [-0.1, -0.05) is 24.6 Å². The second-order valence-corrected chi connectivity index (χ2v) is 6.71. The van der Waals surface area contributed by atoms with Crippen molar-refractivity contribution in [1.29, 1.82) is 0 Å². The number of nitrogens with zero attached hydrogens (tertiary/aromatic N) is 2. The molecule has 4 nitrogen and oxygen atoms in total. The lowest BCUT2D eigenvalue weighted by Crippen LogP contribution is -2.29. The van der Waals surface area contributed by atoms with E-state index in [0.29, 0.717) is 5.92 Å². The van der Waals surface area contributed by atoms with Gasteiger partial charge in [0, 0.05) is 17.8 Å². The Morgan fingerprint density at radius 1 is 1.22 bits per heavy atom. The highest BCUT2D eigenvalue weighted by molar-refractivity contribution is 5.36. The maximum absolute atomic E-state index is 9.77. The molecular formula is C19H27N3O. The minimum Gasteiger partial charge on any atom is -0.393 e. The average Bonchev–Trinajstić information content (AvgIpc) is 2.84. The molecule has 3 rings (SSSR count). The largest absolute Gasteiger partial charge is 0.393 e. The third kappa shape index (κ3) is 3.82. The van der Waals surface area contributed by atoms with Gasteiger partial charge < -0.3 is 10.4 Å². The molecular weight excluding hydrogens is 286 g/mol. The summed E-state index contributed by atoms with van der Waals surface area (Å²) in [6.07, 6.45) is 4.19. The molecule has 4 heteroatoms. The molecule has 1 aromatic carbocycles. The van der Waals surface area contributed by atoms with Crippen molar-refractivity contribution in [1.82, 2.24) is 15.1 Å². The van der Waals surface area contributed by atoms with Crippen LogP contribution in [0.3, 0.4) is 0 Å². The van der Waals surface area contributed by atoms with Crippen molar-refractivity contribution in [3.63, 3.8) is 0 Å². The maximum atomic E-state index is 9.77. The van der Waals surface area contributed by atoms with Crippen LogP contribution in [0.2, 0.25) is 0 Å². The molecule has 124 valence electrons. The highest BCUT2D eigenvalue weighted by Gasteiger charge is 2.20. The molecule has 1 heterocycles. The van der Waals surface area contributed by atoms with Crippen molar-refractivity contribution in [2.24, 2.45) is 5.92 Å². The molecule has 2 N–H and O–H groups in total. The van der Waals surface area contributed by atoms with Gasteiger partial charge in [0.2, 0.25) is 0 Å². The Morgan fingerprint density at radius 2 is 2.00 bits per heavy atom. The predicted octanol–water partition coefficient (Wildman–Crippen LogP) is 3.13. The van der Waals surface area contributed by atoms with E-state index in [1.54, 1.807) is 0 Å². The van der Waals surface area contributed by atoms with E-state index in [9.17, 15) is 5.11 Å². The molecule has 0 amide bonds. The van der Waals surface area contributed by atoms with Crippen molar-refractivity contribution < 1.29 is 5.11 Å². The van der Waals surface area contributed by atoms with E-state index in [1.807, 2.05) is 22.9 Å². The smallest absolute Gasteiger partial charge is 0.0648 e. The van der Waals surface area contributed by atoms with Crippen LogP contribution < -0.4 is 5.32 Å². The van der Waals surface area contributed by atoms with Crippen molar-refractivity contribution in [2.45, 2.75) is 52.2 Å². The van der Waals surface area contributed by atoms with E-state index >= 15 is 0 Å². The van der Waals surface area contributed by atoms with Crippen LogP contribution in [0.25, 0.3) is 5.69 Å². The van der Waals surface area contributed by atoms with Gasteiger partial charge in [0.05, 0.1) is 17.5 Å². The highest BCUT2D eigenvalue weighted by atomic mass is 16.3. The second kappa shape index (κ2) is 7.28. The van der Waals surface area contributed by atoms with Crippen LogP contribution in [0.1, 0.15) is 42.6 Å². The minimum atomic E-state index is -0.0974. The van der Waals surface area contributed by atoms with E-state index in [-0.39, 0.29) is 6.10 Å². The fourth-order valence-corrected chi connectivity index (χ4v) is 3.60. The summed E-state index contributed by atoms with van der Waals surface area (Å²) < 4.78 is 2.02. The summed E-state index contributed by atoms with van der Waals surface area (Å²) in [6, 6.07) is 10.3. The molecule has 0 aliphatic heterocycles. The topological polar surface area (TPSA) is 50.1 Å². The Bertz CT molecular complexity index is 636. The van der Waals surface area contributed by atoms with Gasteiger partial charge in [-0.2, -0.15) is 5.10 Å². The fourth-order valence-electron chi connectivity index (χ4n) is 3.60. The maximum Gasteiger partial charge on any atom is 0.0648 e. The van der Waals surface area contributed by atoms with Gasteiger partial charge in [-0.05, 0) is 57.7 Å². The van der Waals surface area contributed by atoms with E-state index in [0.717, 1.165) is 43.7 Å². The number of aromatic nitrogens is 2. The normalized spacial score (nSPS) is 21.5. The van der Waals surface area contributed by atoms with Crippen LogP contribution in [0, 0.1) is 19.8 Å². The molecule has 23 heavy (non-hydrogen) atoms. The Labute approximate surface area is 138 Å². The summed E-state index contributed by atoms with van der Waals surface area (Å²) in [4.78, 5) is 0. The van der Waals surface area contributed by atoms with Gasteiger partial charge in [0.25, 0.3) is 0 Å². The lowest BCUT2D eigenvalue weighted by molar-refractivity contribution is 0.101. The second-order valence-electron chi connectivity index (χ2n) is 6.71. The van der Waals surface area contributed by atoms with Crippen LogP contribution in [0.5, 0.6) is 0 Å². The van der Waals surface area contributed by atoms with Crippen molar-refractivity contribution >= 4 is 0 Å². The molecule has 2 unspecified atom stereocenters. The van der Waals surface area contributed by atoms with Gasteiger partial charge >= 0.3 is 0 Å². The van der Waals surface area contributed by atoms with Gasteiger partial charge in [-0.15, -0.1) is 0 Å². The first-order valence-corrected chi connectivity index (χ1v) is 8.64. The van der Waals surface area contributed by atoms with Gasteiger partial charge in [-0.25, -0.2) is 4.68 Å². The molecule has 1 aliphatic rings. The summed E-state index contributed by atoms with van der Waals surface area (Å²) in [7, 11) is 0. The van der Waals surface area contributed by atoms with E-state index in [4.69, 9.17) is 5.10 Å². The number of aryl methyl sites for hydroxylation is 1. The molecule has 1 aromatic heterocycles. The summed E-state index contributed by atoms with van der Waals surface area (Å²) in [5.41, 5.74) is 4.67. The first-order valence-electron chi connectivity index (χ1n) is 8.64. The summed E-state index contributed by atoms with van der Waals surface area (Å²) in [5.74, 6) is 0.600. The SMILES string of the molecule is Cc1nn(-c2ccccc2)c(C)c1CNCC1CCCC(O)C1. The summed E-state index contributed by atoms with van der Waals surface area (Å²) in [5, 5.41) is 18.0. The molecule has 0 spiro atoms. The molecule has 0 bridgehead atoms. The first-order chi connectivity index (χ1) is 11.1. The third-order valence-corrected chi connectivity index (χ3v) is 4.93. The number of hydrogen-bond donors (Lipinski definition) is 2. The number of aliphatic hydroxyl groups excluding tert-OH is 1. The number of hydrogen-bond acceptors (Lipinski definition) is 3. The van der Waals surface area contributed by atoms with E-state index < -0.39 is 0 Å². The van der Waals surface area contributed by atoms with Gasteiger partial charge in [0.1, 0.15) is 0 Å². The highest BCUT2D eigenvalue weighted by Crippen LogP contribution is 2.24. The van der Waals surface area contributed by atoms with Gasteiger partial charge in [-0.3, -0.25) is 0 Å². The number of aliphatic hydroxyl groups is 1. The first kappa shape index (κ1) is 16.2. The zero-order valence-electron chi connectivity index (χ0n) is 14.1. The summed E-state index contributed by atoms with van der Waals surface area (Å²) in [6.45, 7) is 6.03. The third-order valence-electron chi connectivity index (χ3n) is 4.93. The molecule has 2 atom stereocenters. The molecule has 0 saturated heterocycles. The fraction of sp³-hybridized carbons (Fsp3) is 0.526. The Hall–Kier alpha value is -1.65. The predicted molar refractivity (Wildman–Crippen MR) is 92.7 cm³/mol. The number of para-hydroxylation sites is 1. The monoisotopic (exact) mass is 313 g/mol. The Kier molecular flexibility index (Phi) is 5.13. The lowest BCUT2D eigenvalue weighted by Gasteiger charge is -2.26. The Balaban J connectivity index is 1.63. The molecule has 2 aromatic rings. The standard InChI is InChI=1S/C19H27N3O/c1-14-19(13-20-12-16-7-6-10-18(23)11-16)15(2)22(21-14)17-8-4-3-5-9-17/h3-5,8-9,16,18,20,23H,6-7,10-13H2,1-2H3. The molecule has 1 fully saturated rings. The number of benzene rings is 1. The zero-order valence-corrected chi connectivity index (χ0v) is 14.1. The average molecular weight is 313 g/mol. The molecule has 1 aliphatic carbocycles. The number of rotatable bonds is 5. The quantitative estimate of drug-likeness (QED) is 0.891. The van der Waals surface area contributed by atoms with E-state index in [1.165, 1.54) is 17.7 Å². The van der Waals surface area contributed by atoms with Crippen molar-refractivity contribution in [3.05, 3.63) is 47.3 Å². The van der Waals surface area contributed by atoms with Crippen LogP contribution in [-0.2, 0) is 6.54 Å². The van der Waals surface area contributed by atoms with Crippen LogP contribution in [0.15, 0.2) is 30.3 Å². The Morgan fingerprint density at radius 3 is 2.74 bits per heavy atom. The van der Waals surface area contributed by atoms with Crippen molar-refractivity contribution in [3.8, 4) is 5.69 Å². The molecule has 0 radical (unpaired) electrons. The lowest BCUT2D eigenvalue weighted by atomic mass is 9.87. The van der Waals surface area contributed by atoms with E-state index in [2.05, 4.69) is 31.3 Å². The summed E-state index contributed by atoms with van der Waals surface area (Å²) >= 11 is 0. The number of nitrogens with one attached hydrogen (secondary N) is 1. The van der Waals surface area contributed by atoms with Crippen molar-refractivity contribution in [2.75, 3.05) is 6.54 Å². The van der Waals surface area contributed by atoms with Crippen LogP contribution in [-0.4, -0.2) is 27.5 Å². The van der Waals surface area contributed by atoms with Crippen LogP contribution >= 0.6 is 0 Å². The zero-order chi connectivity index (χ0) is 16.2. The van der Waals surface area contributed by atoms with Gasteiger partial charge in [0.15, 0.2) is 0 Å². The van der Waals surface area contributed by atoms with Crippen LogP contribution in [0.4, 0.5) is 0 Å². The molecule has 1 saturated carbocycles.